The Bertz CT molecular complexity index is 1050. The monoisotopic (exact) mass is 500 g/mol. The fraction of sp³-hybridized carbons (Fsp3) is 0.444. The zero-order valence-electron chi connectivity index (χ0n) is 21.4. The van der Waals surface area contributed by atoms with Gasteiger partial charge in [-0.3, -0.25) is 14.4 Å². The van der Waals surface area contributed by atoms with Crippen molar-refractivity contribution in [3.8, 4) is 17.2 Å². The minimum atomic E-state index is -1.65. The summed E-state index contributed by atoms with van der Waals surface area (Å²) in [4.78, 5) is 39.7. The predicted molar refractivity (Wildman–Crippen MR) is 129 cm³/mol. The topological polar surface area (TPSA) is 107 Å². The van der Waals surface area contributed by atoms with Gasteiger partial charge >= 0.3 is 11.9 Å². The van der Waals surface area contributed by atoms with Crippen LogP contribution in [0.2, 0.25) is 0 Å². The molecule has 0 bridgehead atoms. The van der Waals surface area contributed by atoms with E-state index in [1.54, 1.807) is 36.4 Å². The van der Waals surface area contributed by atoms with E-state index in [9.17, 15) is 14.4 Å². The Labute approximate surface area is 210 Å². The number of rotatable bonds is 10. The molecule has 0 aromatic heterocycles. The van der Waals surface area contributed by atoms with E-state index in [0.29, 0.717) is 28.4 Å². The Kier molecular flexibility index (Phi) is 8.57. The average molecular weight is 501 g/mol. The Balaban J connectivity index is 2.17. The van der Waals surface area contributed by atoms with Gasteiger partial charge in [0.05, 0.1) is 41.7 Å². The first-order valence-electron chi connectivity index (χ1n) is 11.4. The molecule has 0 amide bonds. The highest BCUT2D eigenvalue weighted by Crippen LogP contribution is 2.54. The number of carbonyl (C=O) groups excluding carboxylic acids is 3. The molecule has 3 rings (SSSR count). The summed E-state index contributed by atoms with van der Waals surface area (Å²) >= 11 is 0. The molecule has 3 atom stereocenters. The van der Waals surface area contributed by atoms with Crippen LogP contribution in [0.1, 0.15) is 34.9 Å². The maximum Gasteiger partial charge on any atom is 0.323 e. The summed E-state index contributed by atoms with van der Waals surface area (Å²) in [5.74, 6) is -1.80. The summed E-state index contributed by atoms with van der Waals surface area (Å²) < 4.78 is 32.4. The lowest BCUT2D eigenvalue weighted by Crippen LogP contribution is -2.39. The van der Waals surface area contributed by atoms with Crippen molar-refractivity contribution in [1.29, 1.82) is 0 Å². The van der Waals surface area contributed by atoms with Crippen molar-refractivity contribution < 1.29 is 42.8 Å². The number of hydrogen-bond donors (Lipinski definition) is 0. The Morgan fingerprint density at radius 2 is 1.36 bits per heavy atom. The van der Waals surface area contributed by atoms with Crippen LogP contribution in [0.4, 0.5) is 0 Å². The van der Waals surface area contributed by atoms with Crippen molar-refractivity contribution in [1.82, 2.24) is 0 Å². The number of ketones is 1. The van der Waals surface area contributed by atoms with Gasteiger partial charge in [-0.15, -0.1) is 0 Å². The fourth-order valence-corrected chi connectivity index (χ4v) is 5.21. The van der Waals surface area contributed by atoms with E-state index in [1.807, 2.05) is 6.07 Å². The van der Waals surface area contributed by atoms with E-state index in [2.05, 4.69) is 0 Å². The van der Waals surface area contributed by atoms with Gasteiger partial charge in [-0.25, -0.2) is 0 Å². The molecule has 9 nitrogen and oxygen atoms in total. The number of carbonyl (C=O) groups is 3. The van der Waals surface area contributed by atoms with E-state index in [0.717, 1.165) is 0 Å². The molecule has 0 unspecified atom stereocenters. The van der Waals surface area contributed by atoms with Gasteiger partial charge in [-0.1, -0.05) is 30.3 Å². The number of esters is 2. The van der Waals surface area contributed by atoms with E-state index < -0.39 is 35.3 Å². The number of methoxy groups -OCH3 is 6. The molecule has 0 saturated heterocycles. The van der Waals surface area contributed by atoms with E-state index in [-0.39, 0.29) is 18.6 Å². The third kappa shape index (κ3) is 4.75. The largest absolute Gasteiger partial charge is 0.493 e. The lowest BCUT2D eigenvalue weighted by Gasteiger charge is -2.28. The van der Waals surface area contributed by atoms with Gasteiger partial charge in [-0.2, -0.15) is 0 Å². The molecule has 1 saturated carbocycles. The lowest BCUT2D eigenvalue weighted by atomic mass is 9.82. The molecule has 2 aromatic carbocycles. The first-order valence-corrected chi connectivity index (χ1v) is 11.4. The zero-order valence-corrected chi connectivity index (χ0v) is 21.4. The molecule has 0 spiro atoms. The van der Waals surface area contributed by atoms with Crippen molar-refractivity contribution >= 4 is 17.7 Å². The second kappa shape index (κ2) is 11.4. The standard InChI is InChI=1S/C27H32O9/c1-31-20-12-17(13-21(32-2)24(20)34-4)23(33-3)19-15-27(25(29)35-5,26(30)36-6)14-18(19)22(28)16-10-8-7-9-11-16/h7-13,18-19,23H,14-15H2,1-6H3/t18-,19-,23-/m0/s1. The Hall–Kier alpha value is -3.59. The summed E-state index contributed by atoms with van der Waals surface area (Å²) in [5, 5.41) is 0. The van der Waals surface area contributed by atoms with Gasteiger partial charge in [0.25, 0.3) is 0 Å². The molecular weight excluding hydrogens is 468 g/mol. The molecule has 0 N–H and O–H groups in total. The van der Waals surface area contributed by atoms with E-state index in [4.69, 9.17) is 28.4 Å². The van der Waals surface area contributed by atoms with Crippen molar-refractivity contribution in [2.24, 2.45) is 17.3 Å². The second-order valence-corrected chi connectivity index (χ2v) is 8.59. The molecule has 9 heteroatoms. The van der Waals surface area contributed by atoms with Crippen LogP contribution in [0, 0.1) is 17.3 Å². The highest BCUT2D eigenvalue weighted by molar-refractivity contribution is 6.04. The average Bonchev–Trinajstić information content (AvgIpc) is 3.33. The summed E-state index contributed by atoms with van der Waals surface area (Å²) in [6.45, 7) is 0. The molecule has 2 aromatic rings. The van der Waals surface area contributed by atoms with E-state index in [1.165, 1.54) is 42.7 Å². The molecule has 1 aliphatic carbocycles. The smallest absolute Gasteiger partial charge is 0.323 e. The summed E-state index contributed by atoms with van der Waals surface area (Å²) in [6, 6.07) is 12.2. The minimum Gasteiger partial charge on any atom is -0.493 e. The van der Waals surface area contributed by atoms with Crippen LogP contribution in [-0.2, 0) is 23.8 Å². The van der Waals surface area contributed by atoms with Crippen LogP contribution in [0.3, 0.4) is 0 Å². The number of hydrogen-bond acceptors (Lipinski definition) is 9. The number of benzene rings is 2. The van der Waals surface area contributed by atoms with Gasteiger partial charge in [-0.05, 0) is 30.5 Å². The van der Waals surface area contributed by atoms with Crippen molar-refractivity contribution in [2.75, 3.05) is 42.7 Å². The predicted octanol–water partition coefficient (Wildman–Crippen LogP) is 3.64. The summed E-state index contributed by atoms with van der Waals surface area (Å²) in [5.41, 5.74) is -0.549. The maximum absolute atomic E-state index is 13.7. The van der Waals surface area contributed by atoms with Crippen molar-refractivity contribution in [2.45, 2.75) is 18.9 Å². The normalized spacial score (nSPS) is 19.2. The molecule has 0 aliphatic heterocycles. The third-order valence-corrected chi connectivity index (χ3v) is 6.88. The van der Waals surface area contributed by atoms with E-state index >= 15 is 0 Å². The van der Waals surface area contributed by atoms with Gasteiger partial charge in [0.15, 0.2) is 22.7 Å². The molecule has 1 fully saturated rings. The van der Waals surface area contributed by atoms with Gasteiger partial charge < -0.3 is 28.4 Å². The Morgan fingerprint density at radius 1 is 0.806 bits per heavy atom. The van der Waals surface area contributed by atoms with Crippen LogP contribution in [0.15, 0.2) is 42.5 Å². The maximum atomic E-state index is 13.7. The number of Topliss-reactive ketones (excluding diaryl/α,β-unsaturated/α-hetero) is 1. The molecule has 0 heterocycles. The van der Waals surface area contributed by atoms with Crippen molar-refractivity contribution in [3.63, 3.8) is 0 Å². The van der Waals surface area contributed by atoms with Gasteiger partial charge in [0.1, 0.15) is 0 Å². The van der Waals surface area contributed by atoms with Gasteiger partial charge in [0.2, 0.25) is 5.75 Å². The highest BCUT2D eigenvalue weighted by Gasteiger charge is 2.60. The number of ether oxygens (including phenoxy) is 6. The summed E-state index contributed by atoms with van der Waals surface area (Å²) in [6.07, 6.45) is -0.785. The zero-order chi connectivity index (χ0) is 26.5. The third-order valence-electron chi connectivity index (χ3n) is 6.88. The SMILES string of the molecule is COC(=O)C1(C(=O)OC)C[C@H]([C@@H](OC)c2cc(OC)c(OC)c(OC)c2)[C@@H](C(=O)c2ccccc2)C1. The summed E-state index contributed by atoms with van der Waals surface area (Å²) in [7, 11) is 8.43. The quantitative estimate of drug-likeness (QED) is 0.275. The van der Waals surface area contributed by atoms with Crippen molar-refractivity contribution in [3.05, 3.63) is 53.6 Å². The molecule has 36 heavy (non-hydrogen) atoms. The highest BCUT2D eigenvalue weighted by atomic mass is 16.5. The first-order chi connectivity index (χ1) is 17.3. The minimum absolute atomic E-state index is 0.00917. The van der Waals surface area contributed by atoms with Crippen LogP contribution in [0.25, 0.3) is 0 Å². The molecular formula is C27H32O9. The van der Waals surface area contributed by atoms with Crippen LogP contribution in [-0.4, -0.2) is 60.4 Å². The van der Waals surface area contributed by atoms with Crippen LogP contribution >= 0.6 is 0 Å². The molecule has 1 aliphatic rings. The second-order valence-electron chi connectivity index (χ2n) is 8.59. The lowest BCUT2D eigenvalue weighted by molar-refractivity contribution is -0.169. The van der Waals surface area contributed by atoms with Gasteiger partial charge in [0, 0.05) is 24.5 Å². The molecule has 0 radical (unpaired) electrons. The Morgan fingerprint density at radius 3 is 1.81 bits per heavy atom. The van der Waals surface area contributed by atoms with Crippen LogP contribution in [0.5, 0.6) is 17.2 Å². The fourth-order valence-electron chi connectivity index (χ4n) is 5.21. The van der Waals surface area contributed by atoms with Crippen LogP contribution < -0.4 is 14.2 Å². The molecule has 194 valence electrons. The first kappa shape index (κ1) is 27.0.